The van der Waals surface area contributed by atoms with Gasteiger partial charge in [0.1, 0.15) is 11.5 Å². The van der Waals surface area contributed by atoms with Crippen molar-refractivity contribution in [2.24, 2.45) is 0 Å². The summed E-state index contributed by atoms with van der Waals surface area (Å²) in [5.41, 5.74) is 5.84. The number of pyridine rings is 1. The highest BCUT2D eigenvalue weighted by atomic mass is 32.1. The number of rotatable bonds is 7. The van der Waals surface area contributed by atoms with Crippen molar-refractivity contribution in [3.05, 3.63) is 101 Å². The normalized spacial score (nSPS) is 16.8. The molecular weight excluding hydrogens is 500 g/mol. The Kier molecular flexibility index (Phi) is 6.77. The number of aryl methyl sites for hydroxylation is 1. The van der Waals surface area contributed by atoms with E-state index in [1.54, 1.807) is 32.5 Å². The summed E-state index contributed by atoms with van der Waals surface area (Å²) in [6.07, 6.45) is 1.78. The number of aromatic nitrogens is 2. The van der Waals surface area contributed by atoms with Crippen LogP contribution in [0.15, 0.2) is 72.9 Å². The summed E-state index contributed by atoms with van der Waals surface area (Å²) in [6.45, 7) is 4.10. The molecule has 38 heavy (non-hydrogen) atoms. The molecule has 1 aliphatic rings. The Hall–Kier alpha value is -4.37. The number of nitrogens with zero attached hydrogens (tertiary/aromatic N) is 3. The third-order valence-corrected chi connectivity index (χ3v) is 7.22. The maximum absolute atomic E-state index is 11.4. The first-order valence-corrected chi connectivity index (χ1v) is 12.5. The maximum atomic E-state index is 11.4. The van der Waals surface area contributed by atoms with Gasteiger partial charge in [-0.1, -0.05) is 6.07 Å². The van der Waals surface area contributed by atoms with Gasteiger partial charge in [-0.3, -0.25) is 4.98 Å². The largest absolute Gasteiger partial charge is 0.497 e. The van der Waals surface area contributed by atoms with E-state index in [0.717, 1.165) is 34.0 Å². The van der Waals surface area contributed by atoms with E-state index in [1.807, 2.05) is 55.5 Å². The van der Waals surface area contributed by atoms with Crippen LogP contribution < -0.4 is 19.7 Å². The fourth-order valence-electron chi connectivity index (χ4n) is 5.15. The van der Waals surface area contributed by atoms with Crippen molar-refractivity contribution < 1.29 is 19.4 Å². The smallest absolute Gasteiger partial charge is 0.335 e. The molecule has 0 bridgehead atoms. The number of hydrogen-bond acceptors (Lipinski definition) is 5. The minimum absolute atomic E-state index is 0.233. The first-order valence-electron chi connectivity index (χ1n) is 12.1. The van der Waals surface area contributed by atoms with Crippen molar-refractivity contribution in [1.82, 2.24) is 14.9 Å². The first kappa shape index (κ1) is 25.3. The second kappa shape index (κ2) is 10.2. The molecule has 0 saturated carbocycles. The number of carboxylic acids is 1. The molecular formula is C29H28N4O4S. The summed E-state index contributed by atoms with van der Waals surface area (Å²) in [6, 6.07) is 20.0. The standard InChI is InChI=1S/C29H28N4O4S/c1-17-15-22(18(2)32(17)20-10-8-19(9-11-20)28(34)35)27-26(23-7-5-6-14-30-23)31-29(38)33(27)24-16-21(36-3)12-13-25(24)37-4/h5-16,26-27H,1-4H3,(H,31,38)(H,34,35)/t26-,27+/m0/s1. The van der Waals surface area contributed by atoms with Crippen molar-refractivity contribution in [3.63, 3.8) is 0 Å². The molecule has 4 aromatic rings. The van der Waals surface area contributed by atoms with E-state index in [1.165, 1.54) is 0 Å². The minimum Gasteiger partial charge on any atom is -0.497 e. The molecule has 194 valence electrons. The molecule has 0 aliphatic carbocycles. The van der Waals surface area contributed by atoms with E-state index in [4.69, 9.17) is 21.7 Å². The lowest BCUT2D eigenvalue weighted by Gasteiger charge is -2.29. The molecule has 0 amide bonds. The van der Waals surface area contributed by atoms with Gasteiger partial charge in [-0.25, -0.2) is 4.79 Å². The molecule has 1 fully saturated rings. The molecule has 2 aromatic heterocycles. The second-order valence-corrected chi connectivity index (χ2v) is 9.43. The zero-order valence-electron chi connectivity index (χ0n) is 21.5. The first-order chi connectivity index (χ1) is 18.3. The number of nitrogens with one attached hydrogen (secondary N) is 1. The quantitative estimate of drug-likeness (QED) is 0.309. The number of methoxy groups -OCH3 is 2. The molecule has 3 heterocycles. The molecule has 5 rings (SSSR count). The monoisotopic (exact) mass is 528 g/mol. The van der Waals surface area contributed by atoms with Crippen molar-refractivity contribution >= 4 is 29.0 Å². The Balaban J connectivity index is 1.69. The molecule has 9 heteroatoms. The van der Waals surface area contributed by atoms with E-state index < -0.39 is 5.97 Å². The lowest BCUT2D eigenvalue weighted by atomic mass is 9.96. The van der Waals surface area contributed by atoms with Gasteiger partial charge < -0.3 is 29.4 Å². The van der Waals surface area contributed by atoms with Crippen LogP contribution in [0.3, 0.4) is 0 Å². The van der Waals surface area contributed by atoms with E-state index in [-0.39, 0.29) is 17.6 Å². The van der Waals surface area contributed by atoms with E-state index in [0.29, 0.717) is 16.6 Å². The van der Waals surface area contributed by atoms with Crippen LogP contribution in [0.25, 0.3) is 5.69 Å². The van der Waals surface area contributed by atoms with Gasteiger partial charge in [0.05, 0.1) is 43.2 Å². The van der Waals surface area contributed by atoms with E-state index in [2.05, 4.69) is 32.8 Å². The average Bonchev–Trinajstić information content (AvgIpc) is 3.43. The van der Waals surface area contributed by atoms with Crippen LogP contribution in [0.2, 0.25) is 0 Å². The van der Waals surface area contributed by atoms with Crippen LogP contribution in [0, 0.1) is 13.8 Å². The van der Waals surface area contributed by atoms with Crippen LogP contribution in [0.1, 0.15) is 45.1 Å². The molecule has 1 aliphatic heterocycles. The highest BCUT2D eigenvalue weighted by molar-refractivity contribution is 7.80. The predicted octanol–water partition coefficient (Wildman–Crippen LogP) is 5.38. The summed E-state index contributed by atoms with van der Waals surface area (Å²) in [5, 5.41) is 13.4. The Morgan fingerprint density at radius 2 is 1.79 bits per heavy atom. The molecule has 2 N–H and O–H groups in total. The molecule has 8 nitrogen and oxygen atoms in total. The predicted molar refractivity (Wildman–Crippen MR) is 150 cm³/mol. The SMILES string of the molecule is COc1ccc(OC)c(N2C(=S)N[C@@H](c3ccccn3)[C@H]2c2cc(C)n(-c3ccc(C(=O)O)cc3)c2C)c1. The van der Waals surface area contributed by atoms with Crippen molar-refractivity contribution in [1.29, 1.82) is 0 Å². The summed E-state index contributed by atoms with van der Waals surface area (Å²) >= 11 is 5.91. The summed E-state index contributed by atoms with van der Waals surface area (Å²) in [5.74, 6) is 0.400. The third-order valence-electron chi connectivity index (χ3n) is 6.91. The van der Waals surface area contributed by atoms with Gasteiger partial charge in [0.2, 0.25) is 0 Å². The molecule has 0 unspecified atom stereocenters. The lowest BCUT2D eigenvalue weighted by molar-refractivity contribution is 0.0697. The number of hydrogen-bond donors (Lipinski definition) is 2. The number of thiocarbonyl (C=S) groups is 1. The van der Waals surface area contributed by atoms with Crippen LogP contribution in [0.5, 0.6) is 11.5 Å². The number of carboxylic acid groups (broad SMARTS) is 1. The van der Waals surface area contributed by atoms with Gasteiger partial charge in [0.25, 0.3) is 0 Å². The maximum Gasteiger partial charge on any atom is 0.335 e. The Morgan fingerprint density at radius 3 is 2.42 bits per heavy atom. The average molecular weight is 529 g/mol. The zero-order valence-corrected chi connectivity index (χ0v) is 22.3. The summed E-state index contributed by atoms with van der Waals surface area (Å²) in [4.78, 5) is 18.1. The molecule has 1 saturated heterocycles. The zero-order chi connectivity index (χ0) is 27.0. The second-order valence-electron chi connectivity index (χ2n) is 9.05. The number of ether oxygens (including phenoxy) is 2. The summed E-state index contributed by atoms with van der Waals surface area (Å²) in [7, 11) is 3.26. The van der Waals surface area contributed by atoms with Gasteiger partial charge in [0.15, 0.2) is 5.11 Å². The molecule has 0 spiro atoms. The van der Waals surface area contributed by atoms with Gasteiger partial charge in [-0.05, 0) is 86.2 Å². The Labute approximate surface area is 226 Å². The van der Waals surface area contributed by atoms with Crippen molar-refractivity contribution in [2.75, 3.05) is 19.1 Å². The van der Waals surface area contributed by atoms with E-state index >= 15 is 0 Å². The van der Waals surface area contributed by atoms with Crippen LogP contribution in [-0.2, 0) is 0 Å². The number of benzene rings is 2. The number of carbonyl (C=O) groups is 1. The lowest BCUT2D eigenvalue weighted by Crippen LogP contribution is -2.30. The minimum atomic E-state index is -0.954. The molecule has 2 aromatic carbocycles. The highest BCUT2D eigenvalue weighted by Gasteiger charge is 2.43. The Morgan fingerprint density at radius 1 is 1.03 bits per heavy atom. The van der Waals surface area contributed by atoms with Crippen LogP contribution in [-0.4, -0.2) is 40.0 Å². The van der Waals surface area contributed by atoms with Gasteiger partial charge >= 0.3 is 5.97 Å². The molecule has 0 radical (unpaired) electrons. The van der Waals surface area contributed by atoms with Crippen LogP contribution >= 0.6 is 12.2 Å². The number of anilines is 1. The summed E-state index contributed by atoms with van der Waals surface area (Å²) < 4.78 is 13.4. The third kappa shape index (κ3) is 4.35. The Bertz CT molecular complexity index is 1500. The topological polar surface area (TPSA) is 88.9 Å². The number of aromatic carboxylic acids is 1. The van der Waals surface area contributed by atoms with Gasteiger partial charge in [0, 0.05) is 29.3 Å². The highest BCUT2D eigenvalue weighted by Crippen LogP contribution is 2.47. The van der Waals surface area contributed by atoms with Gasteiger partial charge in [-0.2, -0.15) is 0 Å². The van der Waals surface area contributed by atoms with Crippen molar-refractivity contribution in [2.45, 2.75) is 25.9 Å². The molecule has 2 atom stereocenters. The van der Waals surface area contributed by atoms with Crippen LogP contribution in [0.4, 0.5) is 5.69 Å². The fraction of sp³-hybridized carbons (Fsp3) is 0.207. The van der Waals surface area contributed by atoms with E-state index in [9.17, 15) is 9.90 Å². The van der Waals surface area contributed by atoms with Crippen molar-refractivity contribution in [3.8, 4) is 17.2 Å². The van der Waals surface area contributed by atoms with Gasteiger partial charge in [-0.15, -0.1) is 0 Å². The fourth-order valence-corrected chi connectivity index (χ4v) is 5.49.